The van der Waals surface area contributed by atoms with Crippen molar-refractivity contribution in [2.24, 2.45) is 0 Å². The first kappa shape index (κ1) is 60.9. The van der Waals surface area contributed by atoms with Gasteiger partial charge in [-0.2, -0.15) is 0 Å². The molecule has 19 heteroatoms. The summed E-state index contributed by atoms with van der Waals surface area (Å²) in [6.45, 7) is 2.65. The number of hydrogen-bond acceptors (Lipinski definition) is 14. The smallest absolute Gasteiger partial charge is 0.462 e. The fourth-order valence-corrected chi connectivity index (χ4v) is 7.62. The Balaban J connectivity index is 2.70. The molecule has 0 spiro atoms. The van der Waals surface area contributed by atoms with Crippen molar-refractivity contribution >= 4 is 27.6 Å². The summed E-state index contributed by atoms with van der Waals surface area (Å²) >= 11 is 0. The maximum Gasteiger partial charge on any atom is 0.472 e. The van der Waals surface area contributed by atoms with Gasteiger partial charge in [0.05, 0.1) is 12.7 Å². The molecular formula is C47H76O17P2. The maximum absolute atomic E-state index is 13.0. The van der Waals surface area contributed by atoms with Gasteiger partial charge in [-0.05, 0) is 83.5 Å². The molecule has 8 N–H and O–H groups in total. The molecule has 376 valence electrons. The standard InChI is InChI=1S/C47H76O17P2/c1-3-5-6-7-8-9-10-11-12-16-19-22-25-28-31-34-40(49)60-36-39(37-61-66(58,59)64-47-44(53)42(51)43(52)46(45(47)54)63-65(55,56)57)62-41(50)35-32-29-26-23-20-17-14-13-15-18-21-24-27-30-33-38(48)4-2/h8-9,11-12,14-15,17-19,22-24,26-27,30,33,38-39,42-48,51-54H,3-7,10,13,16,20-21,25,28-29,31-32,34-37H2,1-2H3,(H,58,59)(H2,55,56,57)/b9-8-,12-11-,17-14-,18-15-,22-19-,26-23-,27-24-,33-30+/t38-,39-,42?,43?,44?,45?,46-,47+/m1/s1. The van der Waals surface area contributed by atoms with E-state index in [0.29, 0.717) is 38.5 Å². The minimum absolute atomic E-state index is 0.0467. The van der Waals surface area contributed by atoms with Gasteiger partial charge in [-0.15, -0.1) is 0 Å². The molecule has 1 rings (SSSR count). The Kier molecular flexibility index (Phi) is 34.0. The molecule has 9 atom stereocenters. The Hall–Kier alpha value is -3.12. The SMILES string of the molecule is CCCCC/C=C\C/C=C\C/C=C\CCCCC(=O)OC[C@H](COP(=O)(O)O[C@H]1C(O)C(O)C(O)[C@@H](OP(=O)(O)O)C1O)OC(=O)CCC/C=C\C/C=C\C/C=C\C/C=C\C=C\[C@H](O)CC. The molecule has 17 nitrogen and oxygen atoms in total. The Bertz CT molecular complexity index is 1670. The Labute approximate surface area is 390 Å². The molecule has 0 amide bonds. The summed E-state index contributed by atoms with van der Waals surface area (Å²) in [6.07, 6.45) is 29.0. The molecule has 5 unspecified atom stereocenters. The molecule has 0 saturated heterocycles. The zero-order chi connectivity index (χ0) is 49.1. The first-order valence-corrected chi connectivity index (χ1v) is 25.9. The molecule has 1 aliphatic carbocycles. The number of aliphatic hydroxyl groups is 5. The van der Waals surface area contributed by atoms with Gasteiger partial charge >= 0.3 is 27.6 Å². The van der Waals surface area contributed by atoms with E-state index in [1.54, 1.807) is 6.08 Å². The van der Waals surface area contributed by atoms with Crippen molar-refractivity contribution in [3.63, 3.8) is 0 Å². The largest absolute Gasteiger partial charge is 0.472 e. The molecule has 0 aromatic carbocycles. The number of phosphoric acid groups is 2. The molecule has 1 aliphatic rings. The van der Waals surface area contributed by atoms with Crippen LogP contribution in [0.25, 0.3) is 0 Å². The van der Waals surface area contributed by atoms with Crippen molar-refractivity contribution in [2.45, 2.75) is 172 Å². The van der Waals surface area contributed by atoms with Crippen LogP contribution in [0.5, 0.6) is 0 Å². The maximum atomic E-state index is 13.0. The summed E-state index contributed by atoms with van der Waals surface area (Å²) in [7, 11) is -10.7. The lowest BCUT2D eigenvalue weighted by Gasteiger charge is -2.43. The number of ether oxygens (including phenoxy) is 2. The summed E-state index contributed by atoms with van der Waals surface area (Å²) in [4.78, 5) is 54.2. The van der Waals surface area contributed by atoms with E-state index < -0.39 is 89.6 Å². The van der Waals surface area contributed by atoms with Crippen LogP contribution in [-0.2, 0) is 41.8 Å². The van der Waals surface area contributed by atoms with Gasteiger partial charge < -0.3 is 49.7 Å². The zero-order valence-electron chi connectivity index (χ0n) is 38.4. The van der Waals surface area contributed by atoms with Crippen LogP contribution in [-0.4, -0.2) is 114 Å². The summed E-state index contributed by atoms with van der Waals surface area (Å²) in [5, 5.41) is 50.7. The molecule has 1 fully saturated rings. The highest BCUT2D eigenvalue weighted by atomic mass is 31.2. The van der Waals surface area contributed by atoms with Crippen LogP contribution in [0.3, 0.4) is 0 Å². The van der Waals surface area contributed by atoms with Gasteiger partial charge in [0, 0.05) is 12.8 Å². The molecule has 0 aromatic heterocycles. The van der Waals surface area contributed by atoms with Crippen LogP contribution in [0.1, 0.15) is 123 Å². The second-order valence-corrected chi connectivity index (χ2v) is 18.2. The van der Waals surface area contributed by atoms with E-state index in [-0.39, 0.29) is 12.8 Å². The molecule has 0 bridgehead atoms. The monoisotopic (exact) mass is 974 g/mol. The number of aliphatic hydroxyl groups excluding tert-OH is 5. The van der Waals surface area contributed by atoms with Crippen LogP contribution in [0.4, 0.5) is 0 Å². The van der Waals surface area contributed by atoms with E-state index in [0.717, 1.165) is 38.5 Å². The van der Waals surface area contributed by atoms with Crippen molar-refractivity contribution < 1.29 is 82.0 Å². The number of hydrogen-bond donors (Lipinski definition) is 8. The normalized spacial score (nSPS) is 22.9. The van der Waals surface area contributed by atoms with Gasteiger partial charge in [-0.1, -0.05) is 124 Å². The highest BCUT2D eigenvalue weighted by Gasteiger charge is 2.54. The van der Waals surface area contributed by atoms with Gasteiger partial charge in [0.25, 0.3) is 0 Å². The van der Waals surface area contributed by atoms with Crippen molar-refractivity contribution in [3.8, 4) is 0 Å². The molecule has 0 aromatic rings. The van der Waals surface area contributed by atoms with Crippen LogP contribution >= 0.6 is 15.6 Å². The Morgan fingerprint density at radius 1 is 0.561 bits per heavy atom. The number of phosphoric ester groups is 2. The average Bonchev–Trinajstić information content (AvgIpc) is 3.27. The fraction of sp³-hybridized carbons (Fsp3) is 0.617. The zero-order valence-corrected chi connectivity index (χ0v) is 40.2. The van der Waals surface area contributed by atoms with E-state index in [2.05, 4.69) is 41.8 Å². The van der Waals surface area contributed by atoms with E-state index >= 15 is 0 Å². The number of allylic oxidation sites excluding steroid dienone is 15. The molecule has 0 radical (unpaired) electrons. The van der Waals surface area contributed by atoms with Crippen molar-refractivity contribution in [1.82, 2.24) is 0 Å². The summed E-state index contributed by atoms with van der Waals surface area (Å²) in [5.74, 6) is -1.35. The predicted molar refractivity (Wildman–Crippen MR) is 251 cm³/mol. The van der Waals surface area contributed by atoms with E-state index in [4.69, 9.17) is 28.3 Å². The number of carbonyl (C=O) groups excluding carboxylic acids is 2. The van der Waals surface area contributed by atoms with Gasteiger partial charge in [-0.3, -0.25) is 23.2 Å². The summed E-state index contributed by atoms with van der Waals surface area (Å²) < 4.78 is 49.2. The van der Waals surface area contributed by atoms with Crippen molar-refractivity contribution in [2.75, 3.05) is 13.2 Å². The third kappa shape index (κ3) is 31.0. The second-order valence-electron chi connectivity index (χ2n) is 15.6. The van der Waals surface area contributed by atoms with Crippen LogP contribution in [0.15, 0.2) is 97.2 Å². The van der Waals surface area contributed by atoms with Gasteiger partial charge in [-0.25, -0.2) is 9.13 Å². The minimum Gasteiger partial charge on any atom is -0.462 e. The van der Waals surface area contributed by atoms with Crippen LogP contribution < -0.4 is 0 Å². The second kappa shape index (κ2) is 36.9. The lowest BCUT2D eigenvalue weighted by Crippen LogP contribution is -2.64. The lowest BCUT2D eigenvalue weighted by atomic mass is 9.85. The predicted octanol–water partition coefficient (Wildman–Crippen LogP) is 7.36. The third-order valence-electron chi connectivity index (χ3n) is 9.80. The molecule has 0 heterocycles. The van der Waals surface area contributed by atoms with Crippen LogP contribution in [0.2, 0.25) is 0 Å². The average molecular weight is 975 g/mol. The highest BCUT2D eigenvalue weighted by molar-refractivity contribution is 7.47. The molecular weight excluding hydrogens is 898 g/mol. The number of unbranched alkanes of at least 4 members (excludes halogenated alkanes) is 6. The Morgan fingerprint density at radius 3 is 1.58 bits per heavy atom. The van der Waals surface area contributed by atoms with Gasteiger partial charge in [0.2, 0.25) is 0 Å². The number of carbonyl (C=O) groups is 2. The topological polar surface area (TPSA) is 276 Å². The van der Waals surface area contributed by atoms with Crippen molar-refractivity contribution in [1.29, 1.82) is 0 Å². The first-order chi connectivity index (χ1) is 31.5. The van der Waals surface area contributed by atoms with Crippen LogP contribution in [0, 0.1) is 0 Å². The van der Waals surface area contributed by atoms with Gasteiger partial charge in [0.15, 0.2) is 6.10 Å². The molecule has 66 heavy (non-hydrogen) atoms. The third-order valence-corrected chi connectivity index (χ3v) is 11.3. The number of rotatable bonds is 36. The highest BCUT2D eigenvalue weighted by Crippen LogP contribution is 2.49. The van der Waals surface area contributed by atoms with E-state index in [1.165, 1.54) is 19.3 Å². The first-order valence-electron chi connectivity index (χ1n) is 22.9. The molecule has 1 saturated carbocycles. The van der Waals surface area contributed by atoms with E-state index in [9.17, 15) is 49.1 Å². The van der Waals surface area contributed by atoms with E-state index in [1.807, 2.05) is 67.7 Å². The van der Waals surface area contributed by atoms with Gasteiger partial charge in [0.1, 0.15) is 43.2 Å². The summed E-state index contributed by atoms with van der Waals surface area (Å²) in [6, 6.07) is 0. The number of esters is 2. The summed E-state index contributed by atoms with van der Waals surface area (Å²) in [5.41, 5.74) is 0. The Morgan fingerprint density at radius 2 is 1.05 bits per heavy atom. The quantitative estimate of drug-likeness (QED) is 0.0100. The van der Waals surface area contributed by atoms with Crippen molar-refractivity contribution in [3.05, 3.63) is 97.2 Å². The minimum atomic E-state index is -5.38. The fourth-order valence-electron chi connectivity index (χ4n) is 6.08. The molecule has 0 aliphatic heterocycles. The lowest BCUT2D eigenvalue weighted by molar-refractivity contribution is -0.216.